The zero-order valence-corrected chi connectivity index (χ0v) is 19.0. The molecule has 0 bridgehead atoms. The molecule has 6 heteroatoms. The summed E-state index contributed by atoms with van der Waals surface area (Å²) in [6.07, 6.45) is 3.48. The van der Waals surface area contributed by atoms with Gasteiger partial charge in [-0.25, -0.2) is 14.2 Å². The highest BCUT2D eigenvalue weighted by Crippen LogP contribution is 2.38. The highest BCUT2D eigenvalue weighted by molar-refractivity contribution is 6.31. The smallest absolute Gasteiger partial charge is 0.339 e. The fraction of sp³-hybridized carbons (Fsp3) is 0.111. The number of fused-ring (bicyclic) bond motifs is 2. The van der Waals surface area contributed by atoms with Gasteiger partial charge < -0.3 is 4.74 Å². The molecule has 0 radical (unpaired) electrons. The molecule has 4 aromatic rings. The summed E-state index contributed by atoms with van der Waals surface area (Å²) in [6.45, 7) is -0.247. The van der Waals surface area contributed by atoms with Crippen LogP contribution in [0.4, 0.5) is 4.39 Å². The molecule has 1 aliphatic rings. The Morgan fingerprint density at radius 3 is 2.58 bits per heavy atom. The third-order valence-corrected chi connectivity index (χ3v) is 6.37. The molecule has 0 N–H and O–H groups in total. The van der Waals surface area contributed by atoms with Crippen LogP contribution in [0.15, 0.2) is 66.7 Å². The lowest BCUT2D eigenvalue weighted by Gasteiger charge is -2.13. The first-order valence-electron chi connectivity index (χ1n) is 10.5. The first-order valence-corrected chi connectivity index (χ1v) is 11.2. The van der Waals surface area contributed by atoms with Gasteiger partial charge in [-0.15, -0.1) is 0 Å². The Hall–Kier alpha value is -3.21. The fourth-order valence-corrected chi connectivity index (χ4v) is 4.50. The largest absolute Gasteiger partial charge is 0.457 e. The average molecular weight is 478 g/mol. The number of hydrogen-bond donors (Lipinski definition) is 0. The molecule has 5 rings (SSSR count). The highest BCUT2D eigenvalue weighted by Gasteiger charge is 2.28. The Balaban J connectivity index is 1.55. The van der Waals surface area contributed by atoms with Gasteiger partial charge in [-0.1, -0.05) is 59.6 Å². The van der Waals surface area contributed by atoms with Crippen LogP contribution < -0.4 is 0 Å². The Labute approximate surface area is 200 Å². The van der Waals surface area contributed by atoms with Gasteiger partial charge in [-0.05, 0) is 65.9 Å². The Bertz CT molecular complexity index is 1390. The molecule has 0 fully saturated rings. The van der Waals surface area contributed by atoms with Gasteiger partial charge in [0, 0.05) is 16.0 Å². The van der Waals surface area contributed by atoms with Gasteiger partial charge in [-0.3, -0.25) is 0 Å². The van der Waals surface area contributed by atoms with E-state index in [1.165, 1.54) is 12.1 Å². The first kappa shape index (κ1) is 21.6. The third kappa shape index (κ3) is 4.24. The van der Waals surface area contributed by atoms with Gasteiger partial charge >= 0.3 is 5.97 Å². The van der Waals surface area contributed by atoms with Crippen molar-refractivity contribution in [1.29, 1.82) is 0 Å². The number of hydrogen-bond acceptors (Lipinski definition) is 3. The number of aromatic nitrogens is 1. The van der Waals surface area contributed by atoms with Crippen LogP contribution in [0.25, 0.3) is 22.6 Å². The summed E-state index contributed by atoms with van der Waals surface area (Å²) in [5.74, 6) is -1.02. The first-order chi connectivity index (χ1) is 16.0. The predicted molar refractivity (Wildman–Crippen MR) is 130 cm³/mol. The van der Waals surface area contributed by atoms with Gasteiger partial charge in [0.25, 0.3) is 0 Å². The number of carbonyl (C=O) groups is 1. The molecule has 0 spiro atoms. The van der Waals surface area contributed by atoms with Gasteiger partial charge in [0.15, 0.2) is 0 Å². The van der Waals surface area contributed by atoms with E-state index < -0.39 is 11.8 Å². The lowest BCUT2D eigenvalue weighted by Crippen LogP contribution is -2.11. The number of nitrogens with zero attached hydrogens (tertiary/aromatic N) is 1. The molecule has 0 atom stereocenters. The molecule has 1 aliphatic carbocycles. The molecule has 1 aromatic heterocycles. The number of esters is 1. The van der Waals surface area contributed by atoms with Crippen LogP contribution in [0.1, 0.15) is 39.2 Å². The summed E-state index contributed by atoms with van der Waals surface area (Å²) in [5.41, 5.74) is 5.03. The Kier molecular flexibility index (Phi) is 5.88. The molecule has 0 unspecified atom stereocenters. The molecule has 0 amide bonds. The van der Waals surface area contributed by atoms with Crippen LogP contribution in [-0.4, -0.2) is 11.0 Å². The molecule has 33 heavy (non-hydrogen) atoms. The van der Waals surface area contributed by atoms with Crippen molar-refractivity contribution in [3.63, 3.8) is 0 Å². The Morgan fingerprint density at radius 1 is 1.00 bits per heavy atom. The van der Waals surface area contributed by atoms with Crippen molar-refractivity contribution in [1.82, 2.24) is 4.98 Å². The van der Waals surface area contributed by atoms with Gasteiger partial charge in [0.1, 0.15) is 12.4 Å². The molecule has 3 nitrogen and oxygen atoms in total. The van der Waals surface area contributed by atoms with Crippen molar-refractivity contribution in [2.75, 3.05) is 0 Å². The minimum absolute atomic E-state index is 0.158. The topological polar surface area (TPSA) is 39.2 Å². The van der Waals surface area contributed by atoms with Crippen molar-refractivity contribution in [2.24, 2.45) is 0 Å². The molecular weight excluding hydrogens is 460 g/mol. The second kappa shape index (κ2) is 8.97. The number of ether oxygens (including phenoxy) is 1. The van der Waals surface area contributed by atoms with Crippen LogP contribution >= 0.6 is 23.2 Å². The van der Waals surface area contributed by atoms with Crippen LogP contribution in [0.3, 0.4) is 0 Å². The Morgan fingerprint density at radius 2 is 1.79 bits per heavy atom. The number of allylic oxidation sites excluding steroid dienone is 1. The maximum absolute atomic E-state index is 14.2. The van der Waals surface area contributed by atoms with Gasteiger partial charge in [0.2, 0.25) is 0 Å². The predicted octanol–water partition coefficient (Wildman–Crippen LogP) is 7.52. The maximum Gasteiger partial charge on any atom is 0.339 e. The van der Waals surface area contributed by atoms with E-state index in [9.17, 15) is 9.18 Å². The zero-order chi connectivity index (χ0) is 22.9. The van der Waals surface area contributed by atoms with E-state index >= 15 is 0 Å². The van der Waals surface area contributed by atoms with Crippen LogP contribution in [0, 0.1) is 5.82 Å². The van der Waals surface area contributed by atoms with Crippen molar-refractivity contribution in [3.8, 4) is 0 Å². The van der Waals surface area contributed by atoms with E-state index in [1.54, 1.807) is 6.07 Å². The number of rotatable bonds is 4. The van der Waals surface area contributed by atoms with Crippen molar-refractivity contribution in [3.05, 3.63) is 111 Å². The molecule has 0 saturated heterocycles. The van der Waals surface area contributed by atoms with E-state index in [1.807, 2.05) is 48.5 Å². The molecule has 0 saturated carbocycles. The quantitative estimate of drug-likeness (QED) is 0.285. The number of pyridine rings is 1. The fourth-order valence-electron chi connectivity index (χ4n) is 4.15. The second-order valence-corrected chi connectivity index (χ2v) is 8.67. The summed E-state index contributed by atoms with van der Waals surface area (Å²) in [7, 11) is 0. The van der Waals surface area contributed by atoms with E-state index in [-0.39, 0.29) is 17.2 Å². The number of benzene rings is 3. The minimum Gasteiger partial charge on any atom is -0.457 e. The zero-order valence-electron chi connectivity index (χ0n) is 17.4. The lowest BCUT2D eigenvalue weighted by atomic mass is 10.0. The van der Waals surface area contributed by atoms with Gasteiger partial charge in [0.05, 0.1) is 21.8 Å². The summed E-state index contributed by atoms with van der Waals surface area (Å²) in [6, 6.07) is 19.4. The summed E-state index contributed by atoms with van der Waals surface area (Å²) >= 11 is 12.1. The second-order valence-electron chi connectivity index (χ2n) is 7.83. The molecule has 164 valence electrons. The van der Waals surface area contributed by atoms with E-state index in [0.29, 0.717) is 27.9 Å². The lowest BCUT2D eigenvalue weighted by molar-refractivity contribution is 0.0470. The highest BCUT2D eigenvalue weighted by atomic mass is 35.5. The standard InChI is InChI=1S/C27H18Cl2FNO2/c28-18-11-8-16(9-12-18)14-17-10-13-20-25(19-4-1-2-7-24(19)31-26(17)20)27(32)33-15-21-22(29)5-3-6-23(21)30/h1-9,11-12,14H,10,13,15H2. The molecule has 1 heterocycles. The van der Waals surface area contributed by atoms with E-state index in [0.717, 1.165) is 28.8 Å². The van der Waals surface area contributed by atoms with Gasteiger partial charge in [-0.2, -0.15) is 0 Å². The summed E-state index contributed by atoms with van der Waals surface area (Å²) < 4.78 is 19.7. The normalized spacial score (nSPS) is 14.0. The summed E-state index contributed by atoms with van der Waals surface area (Å²) in [5, 5.41) is 1.61. The van der Waals surface area contributed by atoms with E-state index in [2.05, 4.69) is 6.08 Å². The minimum atomic E-state index is -0.517. The SMILES string of the molecule is O=C(OCc1c(F)cccc1Cl)c1c2c(nc3ccccc13)C(=Cc1ccc(Cl)cc1)CC2. The van der Waals surface area contributed by atoms with Crippen molar-refractivity contribution >= 4 is 51.7 Å². The van der Waals surface area contributed by atoms with Crippen molar-refractivity contribution < 1.29 is 13.9 Å². The average Bonchev–Trinajstić information content (AvgIpc) is 3.20. The van der Waals surface area contributed by atoms with Crippen LogP contribution in [0.5, 0.6) is 0 Å². The van der Waals surface area contributed by atoms with Crippen molar-refractivity contribution in [2.45, 2.75) is 19.4 Å². The maximum atomic E-state index is 14.2. The number of carbonyl (C=O) groups excluding carboxylic acids is 1. The number of para-hydroxylation sites is 1. The molecule has 3 aromatic carbocycles. The molecule has 0 aliphatic heterocycles. The third-order valence-electron chi connectivity index (χ3n) is 5.77. The molecular formula is C27H18Cl2FNO2. The van der Waals surface area contributed by atoms with Crippen LogP contribution in [-0.2, 0) is 17.8 Å². The number of halogens is 3. The monoisotopic (exact) mass is 477 g/mol. The van der Waals surface area contributed by atoms with Crippen LogP contribution in [0.2, 0.25) is 10.0 Å². The summed E-state index contributed by atoms with van der Waals surface area (Å²) in [4.78, 5) is 18.1. The van der Waals surface area contributed by atoms with E-state index in [4.69, 9.17) is 32.9 Å².